The first-order chi connectivity index (χ1) is 9.56. The Morgan fingerprint density at radius 2 is 2.15 bits per heavy atom. The molecule has 104 valence electrons. The molecular formula is C13H12N2O5. The van der Waals surface area contributed by atoms with E-state index >= 15 is 0 Å². The first-order valence-corrected chi connectivity index (χ1v) is 5.74. The molecule has 2 rings (SSSR count). The zero-order valence-electron chi connectivity index (χ0n) is 10.6. The lowest BCUT2D eigenvalue weighted by Gasteiger charge is -2.08. The van der Waals surface area contributed by atoms with Crippen LogP contribution in [0.25, 0.3) is 0 Å². The highest BCUT2D eigenvalue weighted by atomic mass is 16.5. The van der Waals surface area contributed by atoms with Gasteiger partial charge in [0.15, 0.2) is 6.61 Å². The Morgan fingerprint density at radius 3 is 2.80 bits per heavy atom. The quantitative estimate of drug-likeness (QED) is 0.861. The number of para-hydroxylation sites is 1. The van der Waals surface area contributed by atoms with Gasteiger partial charge in [-0.3, -0.25) is 4.79 Å². The fourth-order valence-corrected chi connectivity index (χ4v) is 1.52. The van der Waals surface area contributed by atoms with Crippen molar-refractivity contribution in [1.29, 1.82) is 0 Å². The normalized spacial score (nSPS) is 10.1. The molecular weight excluding hydrogens is 264 g/mol. The fraction of sp³-hybridized carbons (Fsp3) is 0.154. The summed E-state index contributed by atoms with van der Waals surface area (Å²) in [6.45, 7) is 1.41. The fourth-order valence-electron chi connectivity index (χ4n) is 1.52. The second-order valence-corrected chi connectivity index (χ2v) is 3.96. The predicted molar refractivity (Wildman–Crippen MR) is 68.8 cm³/mol. The van der Waals surface area contributed by atoms with Crippen molar-refractivity contribution in [1.82, 2.24) is 5.16 Å². The minimum absolute atomic E-state index is 0.0122. The monoisotopic (exact) mass is 276 g/mol. The number of carbonyl (C=O) groups excluding carboxylic acids is 1. The molecule has 0 bridgehead atoms. The molecule has 0 saturated heterocycles. The van der Waals surface area contributed by atoms with Crippen LogP contribution in [0.5, 0.6) is 5.88 Å². The van der Waals surface area contributed by atoms with E-state index in [0.717, 1.165) is 0 Å². The topological polar surface area (TPSA) is 102 Å². The van der Waals surface area contributed by atoms with Crippen LogP contribution >= 0.6 is 0 Å². The van der Waals surface area contributed by atoms with E-state index in [2.05, 4.69) is 10.5 Å². The molecule has 0 aliphatic rings. The molecule has 2 N–H and O–H groups in total. The highest BCUT2D eigenvalue weighted by Gasteiger charge is 2.12. The molecule has 0 radical (unpaired) electrons. The number of carboxylic acid groups (broad SMARTS) is 1. The molecule has 7 heteroatoms. The number of carbonyl (C=O) groups is 2. The number of anilines is 1. The maximum Gasteiger partial charge on any atom is 0.337 e. The lowest BCUT2D eigenvalue weighted by molar-refractivity contribution is -0.118. The van der Waals surface area contributed by atoms with E-state index in [0.29, 0.717) is 5.76 Å². The van der Waals surface area contributed by atoms with Crippen molar-refractivity contribution < 1.29 is 24.0 Å². The van der Waals surface area contributed by atoms with Crippen LogP contribution in [0.2, 0.25) is 0 Å². The van der Waals surface area contributed by atoms with Gasteiger partial charge in [-0.1, -0.05) is 12.1 Å². The van der Waals surface area contributed by atoms with Crippen molar-refractivity contribution in [3.8, 4) is 5.88 Å². The van der Waals surface area contributed by atoms with Crippen LogP contribution in [-0.4, -0.2) is 28.7 Å². The molecule has 0 spiro atoms. The number of aryl methyl sites for hydroxylation is 1. The van der Waals surface area contributed by atoms with Crippen molar-refractivity contribution in [3.63, 3.8) is 0 Å². The summed E-state index contributed by atoms with van der Waals surface area (Å²) < 4.78 is 9.88. The third-order valence-electron chi connectivity index (χ3n) is 2.39. The lowest BCUT2D eigenvalue weighted by atomic mass is 10.2. The van der Waals surface area contributed by atoms with Crippen LogP contribution in [0.1, 0.15) is 16.1 Å². The number of amides is 1. The predicted octanol–water partition coefficient (Wildman–Crippen LogP) is 1.70. The summed E-state index contributed by atoms with van der Waals surface area (Å²) in [5, 5.41) is 15.0. The molecule has 0 atom stereocenters. The van der Waals surface area contributed by atoms with Crippen LogP contribution in [0.3, 0.4) is 0 Å². The van der Waals surface area contributed by atoms with Crippen molar-refractivity contribution in [2.45, 2.75) is 6.92 Å². The maximum atomic E-state index is 11.7. The SMILES string of the molecule is Cc1cc(OCC(=O)Nc2ccccc2C(=O)O)no1. The molecule has 0 fully saturated rings. The number of benzene rings is 1. The number of aromatic carboxylic acids is 1. The Morgan fingerprint density at radius 1 is 1.40 bits per heavy atom. The Hall–Kier alpha value is -2.83. The molecule has 0 aliphatic carbocycles. The van der Waals surface area contributed by atoms with Crippen LogP contribution in [-0.2, 0) is 4.79 Å². The number of carboxylic acids is 1. The number of hydrogen-bond acceptors (Lipinski definition) is 5. The van der Waals surface area contributed by atoms with Gasteiger partial charge in [-0.15, -0.1) is 0 Å². The number of nitrogens with one attached hydrogen (secondary N) is 1. The van der Waals surface area contributed by atoms with Gasteiger partial charge >= 0.3 is 5.97 Å². The van der Waals surface area contributed by atoms with Gasteiger partial charge < -0.3 is 19.7 Å². The minimum atomic E-state index is -1.12. The molecule has 20 heavy (non-hydrogen) atoms. The third-order valence-corrected chi connectivity index (χ3v) is 2.39. The first kappa shape index (κ1) is 13.6. The van der Waals surface area contributed by atoms with Gasteiger partial charge in [-0.05, 0) is 24.2 Å². The lowest BCUT2D eigenvalue weighted by Crippen LogP contribution is -2.21. The zero-order valence-corrected chi connectivity index (χ0v) is 10.6. The summed E-state index contributed by atoms with van der Waals surface area (Å²) in [6.07, 6.45) is 0. The first-order valence-electron chi connectivity index (χ1n) is 5.74. The van der Waals surface area contributed by atoms with Crippen molar-refractivity contribution in [2.75, 3.05) is 11.9 Å². The summed E-state index contributed by atoms with van der Waals surface area (Å²) >= 11 is 0. The van der Waals surface area contributed by atoms with E-state index in [-0.39, 0.29) is 23.7 Å². The van der Waals surface area contributed by atoms with Crippen molar-refractivity contribution in [3.05, 3.63) is 41.7 Å². The zero-order chi connectivity index (χ0) is 14.5. The van der Waals surface area contributed by atoms with Crippen LogP contribution in [0.4, 0.5) is 5.69 Å². The van der Waals surface area contributed by atoms with Gasteiger partial charge in [0.25, 0.3) is 11.8 Å². The number of hydrogen-bond donors (Lipinski definition) is 2. The second kappa shape index (κ2) is 5.87. The molecule has 7 nitrogen and oxygen atoms in total. The highest BCUT2D eigenvalue weighted by molar-refractivity contribution is 6.00. The molecule has 0 aliphatic heterocycles. The largest absolute Gasteiger partial charge is 0.478 e. The average molecular weight is 276 g/mol. The number of ether oxygens (including phenoxy) is 1. The summed E-state index contributed by atoms with van der Waals surface area (Å²) in [6, 6.07) is 7.65. The Kier molecular flexibility index (Phi) is 3.99. The van der Waals surface area contributed by atoms with Crippen LogP contribution < -0.4 is 10.1 Å². The van der Waals surface area contributed by atoms with Gasteiger partial charge in [0.1, 0.15) is 5.76 Å². The smallest absolute Gasteiger partial charge is 0.337 e. The van der Waals surface area contributed by atoms with E-state index in [9.17, 15) is 9.59 Å². The molecule has 1 aromatic heterocycles. The second-order valence-electron chi connectivity index (χ2n) is 3.96. The van der Waals surface area contributed by atoms with Gasteiger partial charge in [0, 0.05) is 6.07 Å². The summed E-state index contributed by atoms with van der Waals surface area (Å²) in [7, 11) is 0. The Bertz CT molecular complexity index is 635. The Balaban J connectivity index is 1.96. The van der Waals surface area contributed by atoms with Crippen molar-refractivity contribution in [2.24, 2.45) is 0 Å². The standard InChI is InChI=1S/C13H12N2O5/c1-8-6-12(15-20-8)19-7-11(16)14-10-5-3-2-4-9(10)13(17)18/h2-6H,7H2,1H3,(H,14,16)(H,17,18). The molecule has 0 unspecified atom stereocenters. The minimum Gasteiger partial charge on any atom is -0.478 e. The highest BCUT2D eigenvalue weighted by Crippen LogP contribution is 2.15. The van der Waals surface area contributed by atoms with E-state index in [1.807, 2.05) is 0 Å². The van der Waals surface area contributed by atoms with Gasteiger partial charge in [-0.25, -0.2) is 4.79 Å². The molecule has 2 aromatic rings. The number of nitrogens with zero attached hydrogens (tertiary/aromatic N) is 1. The van der Waals surface area contributed by atoms with E-state index in [1.54, 1.807) is 25.1 Å². The van der Waals surface area contributed by atoms with E-state index in [4.69, 9.17) is 14.4 Å². The van der Waals surface area contributed by atoms with E-state index < -0.39 is 11.9 Å². The van der Waals surface area contributed by atoms with E-state index in [1.165, 1.54) is 12.1 Å². The van der Waals surface area contributed by atoms with Crippen LogP contribution in [0.15, 0.2) is 34.9 Å². The third kappa shape index (κ3) is 3.35. The summed E-state index contributed by atoms with van der Waals surface area (Å²) in [5.41, 5.74) is 0.225. The maximum absolute atomic E-state index is 11.7. The summed E-state index contributed by atoms with van der Waals surface area (Å²) in [5.74, 6) is -0.839. The van der Waals surface area contributed by atoms with Gasteiger partial charge in [0.2, 0.25) is 0 Å². The average Bonchev–Trinajstić information content (AvgIpc) is 2.83. The van der Waals surface area contributed by atoms with Crippen molar-refractivity contribution >= 4 is 17.6 Å². The molecule has 1 aromatic carbocycles. The van der Waals surface area contributed by atoms with Gasteiger partial charge in [0.05, 0.1) is 11.3 Å². The van der Waals surface area contributed by atoms with Gasteiger partial charge in [-0.2, -0.15) is 0 Å². The molecule has 1 amide bonds. The Labute approximate surface area is 114 Å². The number of rotatable bonds is 5. The summed E-state index contributed by atoms with van der Waals surface area (Å²) in [4.78, 5) is 22.7. The molecule has 1 heterocycles. The van der Waals surface area contributed by atoms with Crippen LogP contribution in [0, 0.1) is 6.92 Å². The molecule has 0 saturated carbocycles. The number of aromatic nitrogens is 1.